The molecule has 2 nitrogen and oxygen atoms in total. The van der Waals surface area contributed by atoms with Crippen molar-refractivity contribution >= 4 is 38.3 Å². The van der Waals surface area contributed by atoms with Crippen molar-refractivity contribution in [3.05, 3.63) is 66.7 Å². The van der Waals surface area contributed by atoms with Gasteiger partial charge < -0.3 is 4.74 Å². The topological polar surface area (TPSA) is 26.3 Å². The van der Waals surface area contributed by atoms with Crippen molar-refractivity contribution in [1.29, 1.82) is 0 Å². The molecule has 0 amide bonds. The van der Waals surface area contributed by atoms with Gasteiger partial charge in [0.15, 0.2) is 0 Å². The highest BCUT2D eigenvalue weighted by molar-refractivity contribution is 6.18. The average molecular weight is 399 g/mol. The van der Waals surface area contributed by atoms with Gasteiger partial charge in [-0.1, -0.05) is 100 Å². The predicted octanol–water partition coefficient (Wildman–Crippen LogP) is 8.19. The Balaban J connectivity index is 1.49. The largest absolute Gasteiger partial charge is 0.426 e. The van der Waals surface area contributed by atoms with Gasteiger partial charge in [0.1, 0.15) is 5.75 Å². The number of esters is 1. The van der Waals surface area contributed by atoms with Gasteiger partial charge in [0, 0.05) is 11.8 Å². The van der Waals surface area contributed by atoms with E-state index in [2.05, 4.69) is 61.5 Å². The number of rotatable bonds is 9. The Morgan fingerprint density at radius 1 is 0.633 bits per heavy atom. The van der Waals surface area contributed by atoms with Crippen molar-refractivity contribution < 1.29 is 9.53 Å². The fourth-order valence-corrected chi connectivity index (χ4v) is 4.32. The van der Waals surface area contributed by atoms with Gasteiger partial charge in [0.25, 0.3) is 0 Å². The minimum absolute atomic E-state index is 0.130. The highest BCUT2D eigenvalue weighted by Gasteiger charge is 2.11. The summed E-state index contributed by atoms with van der Waals surface area (Å²) in [5.41, 5.74) is 0. The summed E-state index contributed by atoms with van der Waals surface area (Å²) in [7, 11) is 0. The first kappa shape index (κ1) is 20.4. The van der Waals surface area contributed by atoms with Crippen molar-refractivity contribution in [3.63, 3.8) is 0 Å². The second-order valence-electron chi connectivity index (χ2n) is 8.14. The summed E-state index contributed by atoms with van der Waals surface area (Å²) in [5, 5.41) is 7.02. The van der Waals surface area contributed by atoms with Gasteiger partial charge in [-0.2, -0.15) is 0 Å². The van der Waals surface area contributed by atoms with Gasteiger partial charge in [-0.25, -0.2) is 0 Å². The Morgan fingerprint density at radius 3 is 2.13 bits per heavy atom. The maximum Gasteiger partial charge on any atom is 0.311 e. The van der Waals surface area contributed by atoms with Gasteiger partial charge in [-0.15, -0.1) is 0 Å². The molecule has 4 rings (SSSR count). The van der Waals surface area contributed by atoms with Crippen LogP contribution in [0.4, 0.5) is 0 Å². The number of unbranched alkanes of at least 4 members (excludes halogenated alkanes) is 6. The lowest BCUT2D eigenvalue weighted by molar-refractivity contribution is -0.134. The molecule has 0 N–H and O–H groups in total. The van der Waals surface area contributed by atoms with Gasteiger partial charge in [-0.3, -0.25) is 4.79 Å². The summed E-state index contributed by atoms with van der Waals surface area (Å²) < 4.78 is 5.77. The highest BCUT2D eigenvalue weighted by atomic mass is 16.5. The zero-order chi connectivity index (χ0) is 20.8. The highest BCUT2D eigenvalue weighted by Crippen LogP contribution is 2.35. The molecule has 4 aromatic rings. The summed E-state index contributed by atoms with van der Waals surface area (Å²) >= 11 is 0. The van der Waals surface area contributed by atoms with E-state index in [9.17, 15) is 4.79 Å². The molecule has 30 heavy (non-hydrogen) atoms. The summed E-state index contributed by atoms with van der Waals surface area (Å²) in [6, 6.07) is 23.0. The first-order valence-corrected chi connectivity index (χ1v) is 11.3. The number of hydrogen-bond acceptors (Lipinski definition) is 2. The molecule has 0 bridgehead atoms. The van der Waals surface area contributed by atoms with Crippen molar-refractivity contribution in [1.82, 2.24) is 0 Å². The molecule has 0 aliphatic heterocycles. The fraction of sp³-hybridized carbons (Fsp3) is 0.321. The van der Waals surface area contributed by atoms with E-state index in [4.69, 9.17) is 4.74 Å². The Hall–Kier alpha value is -2.87. The first-order valence-electron chi connectivity index (χ1n) is 11.3. The Labute approximate surface area is 178 Å². The van der Waals surface area contributed by atoms with Crippen LogP contribution in [-0.4, -0.2) is 5.97 Å². The molecule has 0 spiro atoms. The number of carbonyl (C=O) groups is 1. The summed E-state index contributed by atoms with van der Waals surface area (Å²) in [6.07, 6.45) is 8.87. The van der Waals surface area contributed by atoms with Crippen LogP contribution in [0.3, 0.4) is 0 Å². The van der Waals surface area contributed by atoms with E-state index in [-0.39, 0.29) is 5.97 Å². The van der Waals surface area contributed by atoms with E-state index >= 15 is 0 Å². The number of ether oxygens (including phenoxy) is 1. The standard InChI is InChI=1S/C28H30O2/c1-2-3-4-5-6-7-8-16-28(29)30-27-15-11-14-23-25-18-17-21-12-9-10-13-22(21)24(25)19-20-26(23)27/h9-15,17-20H,2-8,16H2,1H3. The molecule has 0 saturated heterocycles. The van der Waals surface area contributed by atoms with Crippen molar-refractivity contribution in [2.24, 2.45) is 0 Å². The monoisotopic (exact) mass is 398 g/mol. The molecule has 0 aromatic heterocycles. The molecule has 4 aromatic carbocycles. The minimum atomic E-state index is -0.130. The zero-order valence-corrected chi connectivity index (χ0v) is 17.8. The SMILES string of the molecule is CCCCCCCCCC(=O)Oc1cccc2c1ccc1c3ccccc3ccc21. The lowest BCUT2D eigenvalue weighted by atomic mass is 9.97. The summed E-state index contributed by atoms with van der Waals surface area (Å²) in [5.74, 6) is 0.533. The van der Waals surface area contributed by atoms with Gasteiger partial charge in [0.2, 0.25) is 0 Å². The van der Waals surface area contributed by atoms with E-state index in [1.54, 1.807) is 0 Å². The zero-order valence-electron chi connectivity index (χ0n) is 17.8. The van der Waals surface area contributed by atoms with Gasteiger partial charge in [0.05, 0.1) is 0 Å². The van der Waals surface area contributed by atoms with E-state index in [1.807, 2.05) is 12.1 Å². The van der Waals surface area contributed by atoms with Crippen LogP contribution in [-0.2, 0) is 4.79 Å². The maximum atomic E-state index is 12.4. The predicted molar refractivity (Wildman–Crippen MR) is 127 cm³/mol. The quantitative estimate of drug-likeness (QED) is 0.123. The summed E-state index contributed by atoms with van der Waals surface area (Å²) in [6.45, 7) is 2.23. The van der Waals surface area contributed by atoms with Crippen LogP contribution in [0.1, 0.15) is 58.3 Å². The van der Waals surface area contributed by atoms with Crippen LogP contribution in [0.25, 0.3) is 32.3 Å². The molecule has 0 saturated carbocycles. The van der Waals surface area contributed by atoms with E-state index in [0.717, 1.165) is 23.6 Å². The molecule has 0 fully saturated rings. The maximum absolute atomic E-state index is 12.4. The number of carbonyl (C=O) groups excluding carboxylic acids is 1. The molecule has 0 aliphatic rings. The van der Waals surface area contributed by atoms with E-state index in [0.29, 0.717) is 12.2 Å². The summed E-state index contributed by atoms with van der Waals surface area (Å²) in [4.78, 5) is 12.4. The average Bonchev–Trinajstić information content (AvgIpc) is 2.78. The molecule has 0 radical (unpaired) electrons. The Morgan fingerprint density at radius 2 is 1.27 bits per heavy atom. The van der Waals surface area contributed by atoms with Crippen LogP contribution in [0.15, 0.2) is 66.7 Å². The van der Waals surface area contributed by atoms with Crippen LogP contribution in [0.5, 0.6) is 5.75 Å². The lowest BCUT2D eigenvalue weighted by Gasteiger charge is -2.11. The molecule has 0 aliphatic carbocycles. The molecule has 0 heterocycles. The van der Waals surface area contributed by atoms with Crippen molar-refractivity contribution in [2.45, 2.75) is 58.3 Å². The molecule has 0 unspecified atom stereocenters. The van der Waals surface area contributed by atoms with Gasteiger partial charge in [-0.05, 0) is 45.5 Å². The molecule has 154 valence electrons. The van der Waals surface area contributed by atoms with E-state index in [1.165, 1.54) is 53.6 Å². The van der Waals surface area contributed by atoms with Crippen LogP contribution < -0.4 is 4.74 Å². The van der Waals surface area contributed by atoms with Crippen LogP contribution in [0, 0.1) is 0 Å². The fourth-order valence-electron chi connectivity index (χ4n) is 4.32. The third kappa shape index (κ3) is 4.48. The minimum Gasteiger partial charge on any atom is -0.426 e. The third-order valence-corrected chi connectivity index (χ3v) is 5.95. The molecule has 0 atom stereocenters. The molecule has 2 heteroatoms. The number of fused-ring (bicyclic) bond motifs is 5. The number of benzene rings is 4. The second kappa shape index (κ2) is 9.75. The molecular weight excluding hydrogens is 368 g/mol. The lowest BCUT2D eigenvalue weighted by Crippen LogP contribution is -2.07. The van der Waals surface area contributed by atoms with Crippen molar-refractivity contribution in [3.8, 4) is 5.75 Å². The van der Waals surface area contributed by atoms with Crippen LogP contribution >= 0.6 is 0 Å². The second-order valence-corrected chi connectivity index (χ2v) is 8.14. The van der Waals surface area contributed by atoms with Gasteiger partial charge >= 0.3 is 5.97 Å². The smallest absolute Gasteiger partial charge is 0.311 e. The normalized spacial score (nSPS) is 11.4. The molecular formula is C28H30O2. The van der Waals surface area contributed by atoms with E-state index < -0.39 is 0 Å². The number of hydrogen-bond donors (Lipinski definition) is 0. The van der Waals surface area contributed by atoms with Crippen LogP contribution in [0.2, 0.25) is 0 Å². The van der Waals surface area contributed by atoms with Crippen molar-refractivity contribution in [2.75, 3.05) is 0 Å². The first-order chi connectivity index (χ1) is 14.8. The Bertz CT molecular complexity index is 1160. The Kier molecular flexibility index (Phi) is 6.63. The third-order valence-electron chi connectivity index (χ3n) is 5.95.